The SMILES string of the molecule is CC1(O)O[C]2CCC1C(=O)C2. The van der Waals surface area contributed by atoms with E-state index in [-0.39, 0.29) is 11.7 Å². The van der Waals surface area contributed by atoms with E-state index in [0.717, 1.165) is 18.9 Å². The molecule has 11 heavy (non-hydrogen) atoms. The van der Waals surface area contributed by atoms with Gasteiger partial charge in [0.05, 0.1) is 5.92 Å². The Morgan fingerprint density at radius 3 is 2.82 bits per heavy atom. The molecule has 0 aromatic heterocycles. The number of carbonyl (C=O) groups excluding carboxylic acids is 1. The number of rotatable bonds is 0. The summed E-state index contributed by atoms with van der Waals surface area (Å²) in [5.74, 6) is -1.38. The van der Waals surface area contributed by atoms with Crippen molar-refractivity contribution in [1.29, 1.82) is 0 Å². The molecule has 1 saturated carbocycles. The highest BCUT2D eigenvalue weighted by Gasteiger charge is 2.49. The summed E-state index contributed by atoms with van der Waals surface area (Å²) in [5.41, 5.74) is 0. The minimum absolute atomic E-state index is 0.127. The highest BCUT2D eigenvalue weighted by atomic mass is 16.6. The number of carbonyl (C=O) groups is 1. The lowest BCUT2D eigenvalue weighted by atomic mass is 9.78. The van der Waals surface area contributed by atoms with Crippen molar-refractivity contribution in [2.75, 3.05) is 0 Å². The first-order valence-corrected chi connectivity index (χ1v) is 3.88. The molecule has 1 aliphatic carbocycles. The molecule has 3 aliphatic rings. The van der Waals surface area contributed by atoms with E-state index in [4.69, 9.17) is 4.74 Å². The van der Waals surface area contributed by atoms with Crippen LogP contribution in [-0.4, -0.2) is 16.7 Å². The Balaban J connectivity index is 2.26. The van der Waals surface area contributed by atoms with E-state index >= 15 is 0 Å². The normalized spacial score (nSPS) is 44.9. The second-order valence-corrected chi connectivity index (χ2v) is 3.43. The smallest absolute Gasteiger partial charge is 0.173 e. The van der Waals surface area contributed by atoms with Gasteiger partial charge in [-0.1, -0.05) is 0 Å². The molecule has 1 radical (unpaired) electrons. The van der Waals surface area contributed by atoms with Crippen LogP contribution in [0.3, 0.4) is 0 Å². The molecule has 2 bridgehead atoms. The van der Waals surface area contributed by atoms with E-state index in [0.29, 0.717) is 6.42 Å². The van der Waals surface area contributed by atoms with Gasteiger partial charge in [0, 0.05) is 6.42 Å². The zero-order valence-corrected chi connectivity index (χ0v) is 6.46. The molecule has 3 fully saturated rings. The van der Waals surface area contributed by atoms with Gasteiger partial charge in [0.2, 0.25) is 0 Å². The molecule has 2 aliphatic heterocycles. The van der Waals surface area contributed by atoms with Gasteiger partial charge in [-0.25, -0.2) is 0 Å². The van der Waals surface area contributed by atoms with E-state index in [2.05, 4.69) is 0 Å². The topological polar surface area (TPSA) is 46.5 Å². The fourth-order valence-corrected chi connectivity index (χ4v) is 1.89. The van der Waals surface area contributed by atoms with Crippen LogP contribution < -0.4 is 0 Å². The molecule has 1 N–H and O–H groups in total. The first kappa shape index (κ1) is 7.25. The fourth-order valence-electron chi connectivity index (χ4n) is 1.89. The quantitative estimate of drug-likeness (QED) is 0.558. The number of ketones is 1. The van der Waals surface area contributed by atoms with Crippen molar-refractivity contribution < 1.29 is 14.6 Å². The minimum Gasteiger partial charge on any atom is -0.365 e. The second kappa shape index (κ2) is 2.05. The van der Waals surface area contributed by atoms with Gasteiger partial charge in [-0.15, -0.1) is 0 Å². The maximum Gasteiger partial charge on any atom is 0.173 e. The number of Topliss-reactive ketones (excluding diaryl/α,β-unsaturated/α-hetero) is 1. The van der Waals surface area contributed by atoms with E-state index < -0.39 is 5.79 Å². The third-order valence-electron chi connectivity index (χ3n) is 2.47. The predicted molar refractivity (Wildman–Crippen MR) is 37.3 cm³/mol. The molecule has 0 spiro atoms. The average molecular weight is 155 g/mol. The van der Waals surface area contributed by atoms with Crippen LogP contribution in [0.1, 0.15) is 26.2 Å². The van der Waals surface area contributed by atoms with Crippen molar-refractivity contribution in [3.63, 3.8) is 0 Å². The van der Waals surface area contributed by atoms with Crippen LogP contribution in [0, 0.1) is 12.0 Å². The van der Waals surface area contributed by atoms with Crippen LogP contribution in [-0.2, 0) is 9.53 Å². The maximum atomic E-state index is 11.2. The molecule has 2 atom stereocenters. The minimum atomic E-state index is -1.22. The number of fused-ring (bicyclic) bond motifs is 3. The summed E-state index contributed by atoms with van der Waals surface area (Å²) in [6, 6.07) is 0. The van der Waals surface area contributed by atoms with Gasteiger partial charge in [0.25, 0.3) is 0 Å². The monoisotopic (exact) mass is 155 g/mol. The summed E-state index contributed by atoms with van der Waals surface area (Å²) in [7, 11) is 0. The first-order chi connectivity index (χ1) is 5.09. The summed E-state index contributed by atoms with van der Waals surface area (Å²) in [5, 5.41) is 9.57. The van der Waals surface area contributed by atoms with Crippen LogP contribution in [0.25, 0.3) is 0 Å². The van der Waals surface area contributed by atoms with Gasteiger partial charge in [0.1, 0.15) is 11.9 Å². The average Bonchev–Trinajstić information content (AvgIpc) is 1.83. The molecule has 3 nitrogen and oxygen atoms in total. The Bertz CT molecular complexity index is 198. The highest BCUT2D eigenvalue weighted by Crippen LogP contribution is 2.43. The number of hydrogen-bond acceptors (Lipinski definition) is 3. The Morgan fingerprint density at radius 2 is 2.45 bits per heavy atom. The summed E-state index contributed by atoms with van der Waals surface area (Å²) in [6.45, 7) is 1.56. The van der Waals surface area contributed by atoms with Crippen LogP contribution in [0.2, 0.25) is 0 Å². The number of aliphatic hydroxyl groups is 1. The Morgan fingerprint density at radius 1 is 1.73 bits per heavy atom. The molecule has 2 saturated heterocycles. The largest absolute Gasteiger partial charge is 0.365 e. The molecule has 3 heteroatoms. The Kier molecular flexibility index (Phi) is 1.35. The zero-order chi connectivity index (χ0) is 8.06. The predicted octanol–water partition coefficient (Wildman–Crippen LogP) is 0.626. The third kappa shape index (κ3) is 0.993. The van der Waals surface area contributed by atoms with Crippen molar-refractivity contribution in [3.8, 4) is 0 Å². The van der Waals surface area contributed by atoms with Gasteiger partial charge >= 0.3 is 0 Å². The molecule has 2 heterocycles. The standard InChI is InChI=1S/C8H11O3/c1-8(10)6-3-2-5(11-8)4-7(6)9/h6,10H,2-4H2,1H3. The van der Waals surface area contributed by atoms with Gasteiger partial charge in [-0.2, -0.15) is 0 Å². The Hall–Kier alpha value is -0.410. The van der Waals surface area contributed by atoms with Crippen molar-refractivity contribution in [2.45, 2.75) is 32.0 Å². The summed E-state index contributed by atoms with van der Waals surface area (Å²) in [6.07, 6.45) is 2.76. The molecule has 3 rings (SSSR count). The van der Waals surface area contributed by atoms with Crippen LogP contribution in [0.15, 0.2) is 0 Å². The van der Waals surface area contributed by atoms with E-state index in [9.17, 15) is 9.90 Å². The third-order valence-corrected chi connectivity index (χ3v) is 2.47. The number of hydrogen-bond donors (Lipinski definition) is 1. The van der Waals surface area contributed by atoms with Gasteiger partial charge in [-0.3, -0.25) is 4.79 Å². The highest BCUT2D eigenvalue weighted by molar-refractivity contribution is 5.85. The van der Waals surface area contributed by atoms with Crippen LogP contribution in [0.4, 0.5) is 0 Å². The lowest BCUT2D eigenvalue weighted by Gasteiger charge is -2.44. The summed E-state index contributed by atoms with van der Waals surface area (Å²) < 4.78 is 5.19. The summed E-state index contributed by atoms with van der Waals surface area (Å²) >= 11 is 0. The van der Waals surface area contributed by atoms with Crippen molar-refractivity contribution in [1.82, 2.24) is 0 Å². The van der Waals surface area contributed by atoms with E-state index in [1.54, 1.807) is 6.92 Å². The van der Waals surface area contributed by atoms with E-state index in [1.165, 1.54) is 0 Å². The van der Waals surface area contributed by atoms with Crippen molar-refractivity contribution >= 4 is 5.78 Å². The van der Waals surface area contributed by atoms with E-state index in [1.807, 2.05) is 0 Å². The molecule has 0 amide bonds. The van der Waals surface area contributed by atoms with Crippen LogP contribution >= 0.6 is 0 Å². The molecule has 0 aromatic rings. The molecular weight excluding hydrogens is 144 g/mol. The fraction of sp³-hybridized carbons (Fsp3) is 0.750. The lowest BCUT2D eigenvalue weighted by Crippen LogP contribution is -2.51. The zero-order valence-electron chi connectivity index (χ0n) is 6.46. The molecule has 61 valence electrons. The maximum absolute atomic E-state index is 11.2. The van der Waals surface area contributed by atoms with Crippen LogP contribution in [0.5, 0.6) is 0 Å². The van der Waals surface area contributed by atoms with Gasteiger partial charge < -0.3 is 9.84 Å². The van der Waals surface area contributed by atoms with Crippen molar-refractivity contribution in [2.24, 2.45) is 5.92 Å². The molecule has 2 unspecified atom stereocenters. The molecular formula is C8H11O3. The second-order valence-electron chi connectivity index (χ2n) is 3.43. The van der Waals surface area contributed by atoms with Gasteiger partial charge in [-0.05, 0) is 19.8 Å². The number of ether oxygens (including phenoxy) is 1. The van der Waals surface area contributed by atoms with Gasteiger partial charge in [0.15, 0.2) is 5.79 Å². The molecule has 0 aromatic carbocycles. The summed E-state index contributed by atoms with van der Waals surface area (Å²) in [4.78, 5) is 11.2. The first-order valence-electron chi connectivity index (χ1n) is 3.88. The lowest BCUT2D eigenvalue weighted by molar-refractivity contribution is -0.250. The Labute approximate surface area is 65.4 Å². The van der Waals surface area contributed by atoms with Crippen molar-refractivity contribution in [3.05, 3.63) is 6.10 Å².